The summed E-state index contributed by atoms with van der Waals surface area (Å²) in [6, 6.07) is 16.9. The number of methoxy groups -OCH3 is 1. The van der Waals surface area contributed by atoms with Crippen LogP contribution in [0.2, 0.25) is 0 Å². The minimum Gasteiger partial charge on any atom is -0.497 e. The van der Waals surface area contributed by atoms with Crippen molar-refractivity contribution in [2.75, 3.05) is 45.2 Å². The first kappa shape index (κ1) is 21.2. The maximum absolute atomic E-state index is 12.6. The number of ether oxygens (including phenoxy) is 1. The highest BCUT2D eigenvalue weighted by atomic mass is 16.5. The van der Waals surface area contributed by atoms with E-state index in [2.05, 4.69) is 60.0 Å². The second-order valence-corrected chi connectivity index (χ2v) is 7.62. The number of hydrogen-bond donors (Lipinski definition) is 0. The van der Waals surface area contributed by atoms with E-state index >= 15 is 0 Å². The van der Waals surface area contributed by atoms with Crippen molar-refractivity contribution in [3.8, 4) is 5.75 Å². The number of benzene rings is 2. The maximum Gasteiger partial charge on any atom is 0.238 e. The van der Waals surface area contributed by atoms with Crippen molar-refractivity contribution in [2.24, 2.45) is 0 Å². The zero-order valence-corrected chi connectivity index (χ0v) is 18.1. The van der Waals surface area contributed by atoms with E-state index < -0.39 is 0 Å². The molecule has 2 aromatic carbocycles. The number of carbonyl (C=O) groups excluding carboxylic acids is 1. The highest BCUT2D eigenvalue weighted by molar-refractivity contribution is 5.80. The first-order chi connectivity index (χ1) is 14.0. The van der Waals surface area contributed by atoms with E-state index in [-0.39, 0.29) is 12.1 Å². The topological polar surface area (TPSA) is 36.0 Å². The monoisotopic (exact) mass is 395 g/mol. The Labute approximate surface area is 174 Å². The predicted molar refractivity (Wildman–Crippen MR) is 119 cm³/mol. The van der Waals surface area contributed by atoms with Crippen LogP contribution in [0.3, 0.4) is 0 Å². The lowest BCUT2D eigenvalue weighted by atomic mass is 10.1. The molecule has 0 aliphatic carbocycles. The standard InChI is InChI=1S/C24H33N3O2/c1-5-26(6-2)21-11-7-20(8-12-21)17-23-25(3)18-24(28)27(23)16-15-19-9-13-22(29-4)14-10-19/h7-14,23H,5-6,15-18H2,1-4H3. The van der Waals surface area contributed by atoms with E-state index in [1.165, 1.54) is 16.8 Å². The van der Waals surface area contributed by atoms with E-state index in [4.69, 9.17) is 4.74 Å². The van der Waals surface area contributed by atoms with E-state index in [0.29, 0.717) is 6.54 Å². The van der Waals surface area contributed by atoms with Gasteiger partial charge in [0.05, 0.1) is 19.8 Å². The third kappa shape index (κ3) is 5.10. The van der Waals surface area contributed by atoms with E-state index in [0.717, 1.165) is 38.2 Å². The lowest BCUT2D eigenvalue weighted by Gasteiger charge is -2.28. The van der Waals surface area contributed by atoms with Crippen LogP contribution in [0.4, 0.5) is 5.69 Å². The van der Waals surface area contributed by atoms with Crippen molar-refractivity contribution >= 4 is 11.6 Å². The molecule has 0 aromatic heterocycles. The molecule has 0 bridgehead atoms. The quantitative estimate of drug-likeness (QED) is 0.652. The molecule has 1 unspecified atom stereocenters. The van der Waals surface area contributed by atoms with Crippen LogP contribution >= 0.6 is 0 Å². The number of hydrogen-bond acceptors (Lipinski definition) is 4. The summed E-state index contributed by atoms with van der Waals surface area (Å²) < 4.78 is 5.22. The van der Waals surface area contributed by atoms with Crippen molar-refractivity contribution in [3.05, 3.63) is 59.7 Å². The molecular formula is C24H33N3O2. The van der Waals surface area contributed by atoms with Gasteiger partial charge < -0.3 is 14.5 Å². The average Bonchev–Trinajstić information content (AvgIpc) is 3.01. The fourth-order valence-corrected chi connectivity index (χ4v) is 4.04. The maximum atomic E-state index is 12.6. The minimum atomic E-state index is 0.111. The summed E-state index contributed by atoms with van der Waals surface area (Å²) >= 11 is 0. The Morgan fingerprint density at radius 1 is 1.00 bits per heavy atom. The summed E-state index contributed by atoms with van der Waals surface area (Å²) in [5.74, 6) is 1.07. The van der Waals surface area contributed by atoms with Gasteiger partial charge in [0, 0.05) is 31.7 Å². The lowest BCUT2D eigenvalue weighted by Crippen LogP contribution is -2.41. The van der Waals surface area contributed by atoms with Gasteiger partial charge in [0.25, 0.3) is 0 Å². The van der Waals surface area contributed by atoms with Gasteiger partial charge in [-0.3, -0.25) is 9.69 Å². The van der Waals surface area contributed by atoms with Gasteiger partial charge in [0.2, 0.25) is 5.91 Å². The van der Waals surface area contributed by atoms with Crippen LogP contribution in [-0.2, 0) is 17.6 Å². The van der Waals surface area contributed by atoms with Gasteiger partial charge in [-0.15, -0.1) is 0 Å². The van der Waals surface area contributed by atoms with E-state index in [1.54, 1.807) is 7.11 Å². The number of likely N-dealkylation sites (N-methyl/N-ethyl adjacent to an activating group) is 1. The van der Waals surface area contributed by atoms with Crippen LogP contribution in [0.25, 0.3) is 0 Å². The Bertz CT molecular complexity index is 785. The highest BCUT2D eigenvalue weighted by Crippen LogP contribution is 2.22. The molecule has 1 fully saturated rings. The third-order valence-electron chi connectivity index (χ3n) is 5.86. The van der Waals surface area contributed by atoms with Crippen molar-refractivity contribution in [3.63, 3.8) is 0 Å². The Kier molecular flexibility index (Phi) is 7.15. The molecule has 5 heteroatoms. The van der Waals surface area contributed by atoms with Gasteiger partial charge in [0.15, 0.2) is 0 Å². The molecule has 1 aliphatic rings. The van der Waals surface area contributed by atoms with Gasteiger partial charge in [-0.1, -0.05) is 24.3 Å². The summed E-state index contributed by atoms with van der Waals surface area (Å²) in [5.41, 5.74) is 3.74. The number of anilines is 1. The SMILES string of the molecule is CCN(CC)c1ccc(CC2N(C)CC(=O)N2CCc2ccc(OC)cc2)cc1. The van der Waals surface area contributed by atoms with Gasteiger partial charge >= 0.3 is 0 Å². The molecule has 1 atom stereocenters. The van der Waals surface area contributed by atoms with Gasteiger partial charge in [0.1, 0.15) is 5.75 Å². The minimum absolute atomic E-state index is 0.111. The highest BCUT2D eigenvalue weighted by Gasteiger charge is 2.34. The molecule has 2 aromatic rings. The van der Waals surface area contributed by atoms with Crippen LogP contribution < -0.4 is 9.64 Å². The molecule has 0 radical (unpaired) electrons. The zero-order chi connectivity index (χ0) is 20.8. The molecule has 29 heavy (non-hydrogen) atoms. The second-order valence-electron chi connectivity index (χ2n) is 7.62. The van der Waals surface area contributed by atoms with Gasteiger partial charge in [-0.25, -0.2) is 0 Å². The van der Waals surface area contributed by atoms with Crippen LogP contribution in [-0.4, -0.2) is 62.2 Å². The van der Waals surface area contributed by atoms with Crippen molar-refractivity contribution in [1.29, 1.82) is 0 Å². The van der Waals surface area contributed by atoms with Crippen LogP contribution in [0, 0.1) is 0 Å². The number of nitrogens with zero attached hydrogens (tertiary/aromatic N) is 3. The Morgan fingerprint density at radius 2 is 1.62 bits per heavy atom. The van der Waals surface area contributed by atoms with Crippen LogP contribution in [0.15, 0.2) is 48.5 Å². The molecule has 1 heterocycles. The Hall–Kier alpha value is -2.53. The summed E-state index contributed by atoms with van der Waals surface area (Å²) in [7, 11) is 3.72. The molecule has 1 amide bonds. The molecule has 0 saturated carbocycles. The molecule has 5 nitrogen and oxygen atoms in total. The number of rotatable bonds is 9. The van der Waals surface area contributed by atoms with E-state index in [9.17, 15) is 4.79 Å². The predicted octanol–water partition coefficient (Wildman–Crippen LogP) is 3.43. The molecule has 156 valence electrons. The van der Waals surface area contributed by atoms with Crippen LogP contribution in [0.1, 0.15) is 25.0 Å². The van der Waals surface area contributed by atoms with Crippen LogP contribution in [0.5, 0.6) is 5.75 Å². The first-order valence-corrected chi connectivity index (χ1v) is 10.5. The molecule has 3 rings (SSSR count). The average molecular weight is 396 g/mol. The summed E-state index contributed by atoms with van der Waals surface area (Å²) in [4.78, 5) is 19.1. The third-order valence-corrected chi connectivity index (χ3v) is 5.86. The molecule has 0 spiro atoms. The Morgan fingerprint density at radius 3 is 2.21 bits per heavy atom. The summed E-state index contributed by atoms with van der Waals surface area (Å²) in [6.45, 7) is 7.60. The molecule has 1 aliphatic heterocycles. The van der Waals surface area contributed by atoms with Crippen molar-refractivity contribution in [1.82, 2.24) is 9.80 Å². The van der Waals surface area contributed by atoms with Gasteiger partial charge in [-0.05, 0) is 62.7 Å². The summed E-state index contributed by atoms with van der Waals surface area (Å²) in [6.07, 6.45) is 1.81. The molecular weight excluding hydrogens is 362 g/mol. The fraction of sp³-hybridized carbons (Fsp3) is 0.458. The lowest BCUT2D eigenvalue weighted by molar-refractivity contribution is -0.127. The Balaban J connectivity index is 1.65. The molecule has 0 N–H and O–H groups in total. The fourth-order valence-electron chi connectivity index (χ4n) is 4.04. The number of amides is 1. The normalized spacial score (nSPS) is 17.0. The number of carbonyl (C=O) groups is 1. The largest absolute Gasteiger partial charge is 0.497 e. The first-order valence-electron chi connectivity index (χ1n) is 10.5. The smallest absolute Gasteiger partial charge is 0.238 e. The van der Waals surface area contributed by atoms with Gasteiger partial charge in [-0.2, -0.15) is 0 Å². The van der Waals surface area contributed by atoms with E-state index in [1.807, 2.05) is 24.1 Å². The molecule has 1 saturated heterocycles. The zero-order valence-electron chi connectivity index (χ0n) is 18.1. The summed E-state index contributed by atoms with van der Waals surface area (Å²) in [5, 5.41) is 0. The van der Waals surface area contributed by atoms with Crippen molar-refractivity contribution in [2.45, 2.75) is 32.9 Å². The second kappa shape index (κ2) is 9.79. The van der Waals surface area contributed by atoms with Crippen molar-refractivity contribution < 1.29 is 9.53 Å².